The van der Waals surface area contributed by atoms with Gasteiger partial charge in [-0.05, 0) is 70.8 Å². The minimum atomic E-state index is -1.41. The summed E-state index contributed by atoms with van der Waals surface area (Å²) < 4.78 is 66.3. The SMILES string of the molecule is COC(=O)[C@H](Cc1ccc(OC)c(OC)c1)OC(=O)[C@H]1c2c(/C=C/C(=O)O[C@H](Cc3ccc(OC)c(OC)c3)C(=O)OC)ccc(OC)c2O[C@@H]1c1ccc(OC)c(OC)c1. The largest absolute Gasteiger partial charge is 0.493 e. The van der Waals surface area contributed by atoms with Gasteiger partial charge in [-0.1, -0.05) is 24.3 Å². The van der Waals surface area contributed by atoms with Crippen molar-refractivity contribution in [1.82, 2.24) is 0 Å². The molecule has 1 aliphatic heterocycles. The summed E-state index contributed by atoms with van der Waals surface area (Å²) in [4.78, 5) is 54.2. The summed E-state index contributed by atoms with van der Waals surface area (Å²) >= 11 is 0. The summed E-state index contributed by atoms with van der Waals surface area (Å²) in [5.41, 5.74) is 2.28. The van der Waals surface area contributed by atoms with Crippen molar-refractivity contribution in [3.8, 4) is 46.0 Å². The average Bonchev–Trinajstić information content (AvgIpc) is 3.70. The molecule has 0 N–H and O–H groups in total. The third-order valence-corrected chi connectivity index (χ3v) is 9.84. The number of hydrogen-bond acceptors (Lipinski definition) is 16. The van der Waals surface area contributed by atoms with E-state index in [0.717, 1.165) is 6.08 Å². The molecule has 0 bridgehead atoms. The molecule has 4 aromatic rings. The number of benzene rings is 4. The van der Waals surface area contributed by atoms with Crippen LogP contribution < -0.4 is 37.9 Å². The van der Waals surface area contributed by atoms with E-state index in [1.54, 1.807) is 66.7 Å². The van der Waals surface area contributed by atoms with Crippen LogP contribution in [0.2, 0.25) is 0 Å². The lowest BCUT2D eigenvalue weighted by atomic mass is 9.87. The van der Waals surface area contributed by atoms with Gasteiger partial charge in [0.25, 0.3) is 0 Å². The number of methoxy groups -OCH3 is 9. The summed E-state index contributed by atoms with van der Waals surface area (Å²) in [5.74, 6) is -1.62. The predicted molar refractivity (Wildman–Crippen MR) is 218 cm³/mol. The molecule has 5 rings (SSSR count). The van der Waals surface area contributed by atoms with Crippen LogP contribution in [0.4, 0.5) is 0 Å². The van der Waals surface area contributed by atoms with E-state index in [2.05, 4.69) is 0 Å². The monoisotopic (exact) mass is 844 g/mol. The van der Waals surface area contributed by atoms with Gasteiger partial charge in [0.05, 0.1) is 64.0 Å². The average molecular weight is 845 g/mol. The first-order valence-electron chi connectivity index (χ1n) is 18.7. The molecule has 0 aliphatic carbocycles. The van der Waals surface area contributed by atoms with Crippen molar-refractivity contribution in [2.24, 2.45) is 0 Å². The van der Waals surface area contributed by atoms with Crippen molar-refractivity contribution >= 4 is 30.0 Å². The topological polar surface area (TPSA) is 179 Å². The van der Waals surface area contributed by atoms with E-state index < -0.39 is 48.1 Å². The number of ether oxygens (including phenoxy) is 12. The van der Waals surface area contributed by atoms with Crippen LogP contribution in [0.1, 0.15) is 39.8 Å². The maximum Gasteiger partial charge on any atom is 0.347 e. The van der Waals surface area contributed by atoms with Crippen molar-refractivity contribution in [2.75, 3.05) is 64.0 Å². The molecule has 16 heteroatoms. The third-order valence-electron chi connectivity index (χ3n) is 9.84. The van der Waals surface area contributed by atoms with E-state index >= 15 is 0 Å². The number of esters is 4. The van der Waals surface area contributed by atoms with Gasteiger partial charge in [-0.25, -0.2) is 14.4 Å². The van der Waals surface area contributed by atoms with Crippen molar-refractivity contribution in [1.29, 1.82) is 0 Å². The fourth-order valence-electron chi connectivity index (χ4n) is 6.82. The highest BCUT2D eigenvalue weighted by atomic mass is 16.6. The zero-order valence-corrected chi connectivity index (χ0v) is 35.3. The van der Waals surface area contributed by atoms with Gasteiger partial charge in [0.2, 0.25) is 12.2 Å². The summed E-state index contributed by atoms with van der Waals surface area (Å²) in [7, 11) is 12.7. The maximum atomic E-state index is 14.7. The molecule has 0 saturated heterocycles. The van der Waals surface area contributed by atoms with Crippen LogP contribution in [0.25, 0.3) is 6.08 Å². The second-order valence-electron chi connectivity index (χ2n) is 13.2. The number of carbonyl (C=O) groups is 4. The molecular weight excluding hydrogens is 796 g/mol. The summed E-state index contributed by atoms with van der Waals surface area (Å²) in [6.07, 6.45) is -1.41. The lowest BCUT2D eigenvalue weighted by Crippen LogP contribution is -2.33. The molecule has 0 radical (unpaired) electrons. The summed E-state index contributed by atoms with van der Waals surface area (Å²) in [6.45, 7) is 0. The molecule has 0 saturated carbocycles. The number of hydrogen-bond donors (Lipinski definition) is 0. The van der Waals surface area contributed by atoms with Gasteiger partial charge in [0, 0.05) is 24.5 Å². The van der Waals surface area contributed by atoms with Gasteiger partial charge in [-0.15, -0.1) is 0 Å². The normalized spacial score (nSPS) is 15.0. The first-order chi connectivity index (χ1) is 29.5. The van der Waals surface area contributed by atoms with Gasteiger partial charge in [-0.3, -0.25) is 4.79 Å². The van der Waals surface area contributed by atoms with Crippen LogP contribution in [0.3, 0.4) is 0 Å². The Morgan fingerprint density at radius 3 is 1.51 bits per heavy atom. The van der Waals surface area contributed by atoms with E-state index in [0.29, 0.717) is 56.8 Å². The molecular formula is C45H48O16. The Morgan fingerprint density at radius 1 is 0.557 bits per heavy atom. The molecule has 0 amide bonds. The predicted octanol–water partition coefficient (Wildman–Crippen LogP) is 5.63. The van der Waals surface area contributed by atoms with Crippen LogP contribution in [-0.2, 0) is 51.0 Å². The van der Waals surface area contributed by atoms with Gasteiger partial charge in [-0.2, -0.15) is 0 Å². The van der Waals surface area contributed by atoms with Crippen molar-refractivity contribution in [2.45, 2.75) is 37.1 Å². The smallest absolute Gasteiger partial charge is 0.347 e. The molecule has 0 spiro atoms. The van der Waals surface area contributed by atoms with Gasteiger partial charge in [0.1, 0.15) is 12.0 Å². The molecule has 0 fully saturated rings. The summed E-state index contributed by atoms with van der Waals surface area (Å²) in [5, 5.41) is 0. The molecule has 4 aromatic carbocycles. The third kappa shape index (κ3) is 10.2. The molecule has 16 nitrogen and oxygen atoms in total. The van der Waals surface area contributed by atoms with Crippen LogP contribution in [0, 0.1) is 0 Å². The van der Waals surface area contributed by atoms with Crippen LogP contribution >= 0.6 is 0 Å². The van der Waals surface area contributed by atoms with Gasteiger partial charge >= 0.3 is 23.9 Å². The lowest BCUT2D eigenvalue weighted by molar-refractivity contribution is -0.167. The fourth-order valence-corrected chi connectivity index (χ4v) is 6.82. The number of rotatable bonds is 19. The quantitative estimate of drug-likeness (QED) is 0.0643. The number of carbonyl (C=O) groups excluding carboxylic acids is 4. The van der Waals surface area contributed by atoms with Crippen LogP contribution in [-0.4, -0.2) is 100 Å². The van der Waals surface area contributed by atoms with E-state index in [4.69, 9.17) is 56.8 Å². The Hall–Kier alpha value is -7.10. The highest BCUT2D eigenvalue weighted by Crippen LogP contribution is 2.53. The first kappa shape index (κ1) is 45.0. The van der Waals surface area contributed by atoms with Gasteiger partial charge < -0.3 is 56.8 Å². The molecule has 4 atom stereocenters. The summed E-state index contributed by atoms with van der Waals surface area (Å²) in [6, 6.07) is 18.3. The van der Waals surface area contributed by atoms with Crippen molar-refractivity contribution < 1.29 is 76.0 Å². The fraction of sp³-hybridized carbons (Fsp3) is 0.333. The van der Waals surface area contributed by atoms with Crippen molar-refractivity contribution in [3.63, 3.8) is 0 Å². The Labute approximate surface area is 353 Å². The molecule has 1 heterocycles. The minimum absolute atomic E-state index is 0.0377. The Kier molecular flexibility index (Phi) is 15.3. The van der Waals surface area contributed by atoms with Crippen LogP contribution in [0.5, 0.6) is 46.0 Å². The van der Waals surface area contributed by atoms with E-state index in [1.807, 2.05) is 0 Å². The Morgan fingerprint density at radius 2 is 1.02 bits per heavy atom. The molecule has 0 aromatic heterocycles. The number of fused-ring (bicyclic) bond motifs is 1. The molecule has 61 heavy (non-hydrogen) atoms. The Bertz CT molecular complexity index is 2250. The zero-order chi connectivity index (χ0) is 44.2. The van der Waals surface area contributed by atoms with E-state index in [9.17, 15) is 19.2 Å². The minimum Gasteiger partial charge on any atom is -0.493 e. The van der Waals surface area contributed by atoms with E-state index in [1.165, 1.54) is 70.1 Å². The zero-order valence-electron chi connectivity index (χ0n) is 35.3. The molecule has 1 aliphatic rings. The first-order valence-corrected chi connectivity index (χ1v) is 18.7. The second kappa shape index (κ2) is 20.7. The Balaban J connectivity index is 1.53. The van der Waals surface area contributed by atoms with Gasteiger partial charge in [0.15, 0.2) is 46.0 Å². The molecule has 0 unspecified atom stereocenters. The van der Waals surface area contributed by atoms with Crippen molar-refractivity contribution in [3.05, 3.63) is 101 Å². The highest BCUT2D eigenvalue weighted by molar-refractivity contribution is 5.92. The lowest BCUT2D eigenvalue weighted by Gasteiger charge is -2.23. The van der Waals surface area contributed by atoms with E-state index in [-0.39, 0.29) is 29.9 Å². The highest BCUT2D eigenvalue weighted by Gasteiger charge is 2.46. The standard InChI is InChI=1S/C45H48O16/c1-50-29-15-10-25(20-33(29)54-5)22-36(43(47)57-8)59-38(46)19-14-27-12-18-32(53-4)42-39(27)40(41(61-42)28-13-17-31(52-3)35(24-28)56-7)45(49)60-37(44(48)58-9)23-26-11-16-30(51-2)34(21-26)55-6/h10-21,24,36-37,40-41H,22-23H2,1-9H3/b19-14+/t36-,37+,40+,41-/m1/s1. The maximum absolute atomic E-state index is 14.7. The van der Waals surface area contributed by atoms with Crippen LogP contribution in [0.15, 0.2) is 72.8 Å². The molecule has 324 valence electrons. The second-order valence-corrected chi connectivity index (χ2v) is 13.2.